The van der Waals surface area contributed by atoms with Crippen molar-refractivity contribution in [2.45, 2.75) is 18.9 Å². The third kappa shape index (κ3) is 2.99. The van der Waals surface area contributed by atoms with Crippen molar-refractivity contribution in [3.8, 4) is 0 Å². The van der Waals surface area contributed by atoms with E-state index in [0.717, 1.165) is 38.0 Å². The van der Waals surface area contributed by atoms with Gasteiger partial charge < -0.3 is 9.47 Å². The van der Waals surface area contributed by atoms with E-state index in [1.54, 1.807) is 0 Å². The molecule has 0 aromatic heterocycles. The standard InChI is InChI=1S/C7H13BrO2/c8-3-5-10-7-2-1-4-9-6-7/h7H,1-6H2/t7-/m0/s1. The van der Waals surface area contributed by atoms with E-state index in [0.29, 0.717) is 6.10 Å². The van der Waals surface area contributed by atoms with Crippen LogP contribution in [0.3, 0.4) is 0 Å². The van der Waals surface area contributed by atoms with Crippen molar-refractivity contribution < 1.29 is 9.47 Å². The van der Waals surface area contributed by atoms with E-state index < -0.39 is 0 Å². The van der Waals surface area contributed by atoms with Gasteiger partial charge in [0.2, 0.25) is 0 Å². The van der Waals surface area contributed by atoms with Crippen LogP contribution in [0.2, 0.25) is 0 Å². The molecule has 0 radical (unpaired) electrons. The number of ether oxygens (including phenoxy) is 2. The highest BCUT2D eigenvalue weighted by atomic mass is 79.9. The first-order valence-electron chi connectivity index (χ1n) is 3.69. The summed E-state index contributed by atoms with van der Waals surface area (Å²) >= 11 is 3.31. The van der Waals surface area contributed by atoms with Gasteiger partial charge in [-0.25, -0.2) is 0 Å². The quantitative estimate of drug-likeness (QED) is 0.657. The lowest BCUT2D eigenvalue weighted by Crippen LogP contribution is -2.25. The normalized spacial score (nSPS) is 26.7. The molecule has 1 atom stereocenters. The molecule has 3 heteroatoms. The van der Waals surface area contributed by atoms with E-state index in [2.05, 4.69) is 15.9 Å². The van der Waals surface area contributed by atoms with Gasteiger partial charge in [0.15, 0.2) is 0 Å². The number of alkyl halides is 1. The van der Waals surface area contributed by atoms with E-state index in [4.69, 9.17) is 9.47 Å². The van der Waals surface area contributed by atoms with Gasteiger partial charge in [-0.3, -0.25) is 0 Å². The summed E-state index contributed by atoms with van der Waals surface area (Å²) in [5.74, 6) is 0. The van der Waals surface area contributed by atoms with Gasteiger partial charge in [0.05, 0.1) is 19.3 Å². The van der Waals surface area contributed by atoms with Gasteiger partial charge in [-0.2, -0.15) is 0 Å². The summed E-state index contributed by atoms with van der Waals surface area (Å²) in [5.41, 5.74) is 0. The minimum absolute atomic E-state index is 0.353. The molecule has 0 aromatic carbocycles. The van der Waals surface area contributed by atoms with Crippen molar-refractivity contribution in [3.63, 3.8) is 0 Å². The zero-order valence-electron chi connectivity index (χ0n) is 6.01. The summed E-state index contributed by atoms with van der Waals surface area (Å²) in [7, 11) is 0. The fourth-order valence-electron chi connectivity index (χ4n) is 1.05. The van der Waals surface area contributed by atoms with Crippen LogP contribution in [-0.2, 0) is 9.47 Å². The van der Waals surface area contributed by atoms with Crippen molar-refractivity contribution in [1.29, 1.82) is 0 Å². The number of rotatable bonds is 3. The van der Waals surface area contributed by atoms with Crippen LogP contribution in [0, 0.1) is 0 Å². The number of halogens is 1. The molecule has 1 aliphatic heterocycles. The van der Waals surface area contributed by atoms with Crippen molar-refractivity contribution in [2.24, 2.45) is 0 Å². The zero-order valence-corrected chi connectivity index (χ0v) is 7.60. The fraction of sp³-hybridized carbons (Fsp3) is 1.00. The minimum atomic E-state index is 0.353. The Bertz CT molecular complexity index is 81.7. The van der Waals surface area contributed by atoms with E-state index in [9.17, 15) is 0 Å². The van der Waals surface area contributed by atoms with Crippen molar-refractivity contribution in [2.75, 3.05) is 25.2 Å². The first-order valence-corrected chi connectivity index (χ1v) is 4.81. The number of hydrogen-bond acceptors (Lipinski definition) is 2. The summed E-state index contributed by atoms with van der Waals surface area (Å²) in [4.78, 5) is 0. The first kappa shape index (κ1) is 8.50. The van der Waals surface area contributed by atoms with E-state index in [-0.39, 0.29) is 0 Å². The molecule has 1 saturated heterocycles. The molecule has 60 valence electrons. The second-order valence-electron chi connectivity index (χ2n) is 2.40. The first-order chi connectivity index (χ1) is 4.93. The van der Waals surface area contributed by atoms with Gasteiger partial charge in [-0.1, -0.05) is 15.9 Å². The smallest absolute Gasteiger partial charge is 0.0809 e. The van der Waals surface area contributed by atoms with Crippen molar-refractivity contribution >= 4 is 15.9 Å². The third-order valence-corrected chi connectivity index (χ3v) is 1.87. The topological polar surface area (TPSA) is 18.5 Å². The Morgan fingerprint density at radius 1 is 1.60 bits per heavy atom. The molecule has 0 aromatic rings. The summed E-state index contributed by atoms with van der Waals surface area (Å²) in [6, 6.07) is 0. The predicted octanol–water partition coefficient (Wildman–Crippen LogP) is 1.58. The maximum absolute atomic E-state index is 5.46. The molecule has 0 spiro atoms. The van der Waals surface area contributed by atoms with E-state index >= 15 is 0 Å². The SMILES string of the molecule is BrCCO[C@H]1CCCOC1. The highest BCUT2D eigenvalue weighted by Gasteiger charge is 2.12. The lowest BCUT2D eigenvalue weighted by Gasteiger charge is -2.21. The second-order valence-corrected chi connectivity index (χ2v) is 3.19. The summed E-state index contributed by atoms with van der Waals surface area (Å²) in [6.45, 7) is 2.50. The van der Waals surface area contributed by atoms with Crippen LogP contribution in [0.15, 0.2) is 0 Å². The van der Waals surface area contributed by atoms with Crippen LogP contribution in [0.25, 0.3) is 0 Å². The molecule has 0 bridgehead atoms. The molecule has 1 rings (SSSR count). The highest BCUT2D eigenvalue weighted by molar-refractivity contribution is 9.09. The molecule has 0 aliphatic carbocycles. The Balaban J connectivity index is 2.02. The molecule has 0 unspecified atom stereocenters. The molecule has 1 heterocycles. The van der Waals surface area contributed by atoms with Crippen LogP contribution in [-0.4, -0.2) is 31.3 Å². The van der Waals surface area contributed by atoms with Gasteiger partial charge in [-0.05, 0) is 12.8 Å². The molecular formula is C7H13BrO2. The van der Waals surface area contributed by atoms with Crippen LogP contribution in [0.5, 0.6) is 0 Å². The van der Waals surface area contributed by atoms with Crippen LogP contribution in [0.4, 0.5) is 0 Å². The van der Waals surface area contributed by atoms with E-state index in [1.165, 1.54) is 0 Å². The summed E-state index contributed by atoms with van der Waals surface area (Å²) < 4.78 is 10.7. The second kappa shape index (κ2) is 5.10. The van der Waals surface area contributed by atoms with Gasteiger partial charge in [0.25, 0.3) is 0 Å². The van der Waals surface area contributed by atoms with Crippen LogP contribution < -0.4 is 0 Å². The predicted molar refractivity (Wildman–Crippen MR) is 43.6 cm³/mol. The fourth-order valence-corrected chi connectivity index (χ4v) is 1.24. The van der Waals surface area contributed by atoms with Gasteiger partial charge in [-0.15, -0.1) is 0 Å². The maximum atomic E-state index is 5.46. The molecule has 10 heavy (non-hydrogen) atoms. The van der Waals surface area contributed by atoms with Gasteiger partial charge in [0, 0.05) is 11.9 Å². The molecule has 0 N–H and O–H groups in total. The lowest BCUT2D eigenvalue weighted by atomic mass is 10.2. The summed E-state index contributed by atoms with van der Waals surface area (Å²) in [6.07, 6.45) is 2.66. The molecule has 0 amide bonds. The molecule has 2 nitrogen and oxygen atoms in total. The Labute approximate surface area is 70.0 Å². The average molecular weight is 209 g/mol. The zero-order chi connectivity index (χ0) is 7.23. The van der Waals surface area contributed by atoms with Crippen molar-refractivity contribution in [3.05, 3.63) is 0 Å². The Kier molecular flexibility index (Phi) is 4.34. The van der Waals surface area contributed by atoms with Gasteiger partial charge >= 0.3 is 0 Å². The largest absolute Gasteiger partial charge is 0.379 e. The Morgan fingerprint density at radius 2 is 2.50 bits per heavy atom. The van der Waals surface area contributed by atoms with Crippen molar-refractivity contribution in [1.82, 2.24) is 0 Å². The highest BCUT2D eigenvalue weighted by Crippen LogP contribution is 2.09. The molecule has 0 saturated carbocycles. The average Bonchev–Trinajstić information content (AvgIpc) is 2.03. The van der Waals surface area contributed by atoms with Gasteiger partial charge in [0.1, 0.15) is 0 Å². The maximum Gasteiger partial charge on any atom is 0.0809 e. The van der Waals surface area contributed by atoms with E-state index in [1.807, 2.05) is 0 Å². The summed E-state index contributed by atoms with van der Waals surface area (Å²) in [5, 5.41) is 0.920. The Morgan fingerprint density at radius 3 is 3.10 bits per heavy atom. The minimum Gasteiger partial charge on any atom is -0.379 e. The lowest BCUT2D eigenvalue weighted by molar-refractivity contribution is -0.0447. The molecule has 1 aliphatic rings. The van der Waals surface area contributed by atoms with Crippen LogP contribution >= 0.6 is 15.9 Å². The monoisotopic (exact) mass is 208 g/mol. The molecule has 1 fully saturated rings. The van der Waals surface area contributed by atoms with Crippen LogP contribution in [0.1, 0.15) is 12.8 Å². The number of hydrogen-bond donors (Lipinski definition) is 0. The molecular weight excluding hydrogens is 196 g/mol. The third-order valence-electron chi connectivity index (χ3n) is 1.55. The Hall–Kier alpha value is 0.400.